The maximum Gasteiger partial charge on any atom is 0.173 e. The number of hydrogen-bond donors (Lipinski definition) is 0. The third-order valence-electron chi connectivity index (χ3n) is 2.57. The van der Waals surface area contributed by atoms with Crippen LogP contribution in [0.15, 0.2) is 0 Å². The quantitative estimate of drug-likeness (QED) is 0.204. The van der Waals surface area contributed by atoms with Crippen LogP contribution in [0.4, 0.5) is 0 Å². The second-order valence-electron chi connectivity index (χ2n) is 5.85. The summed E-state index contributed by atoms with van der Waals surface area (Å²) in [5, 5.41) is 0. The van der Waals surface area contributed by atoms with E-state index in [9.17, 15) is 0 Å². The van der Waals surface area contributed by atoms with Crippen LogP contribution in [0, 0.1) is 0 Å². The van der Waals surface area contributed by atoms with Crippen LogP contribution in [0.2, 0.25) is 38.3 Å². The van der Waals surface area contributed by atoms with Crippen molar-refractivity contribution in [3.63, 3.8) is 0 Å². The second-order valence-corrected chi connectivity index (χ2v) is 29.2. The van der Waals surface area contributed by atoms with E-state index >= 15 is 0 Å². The summed E-state index contributed by atoms with van der Waals surface area (Å²) in [6.07, 6.45) is 2.02. The van der Waals surface area contributed by atoms with Gasteiger partial charge in [0.05, 0.1) is 0 Å². The van der Waals surface area contributed by atoms with Gasteiger partial charge in [-0.05, 0) is 51.1 Å². The van der Waals surface area contributed by atoms with E-state index in [1.165, 1.54) is 0 Å². The maximum atomic E-state index is 6.57. The normalized spacial score (nSPS) is 14.8. The van der Waals surface area contributed by atoms with Crippen molar-refractivity contribution < 1.29 is 4.12 Å². The Hall–Kier alpha value is 3.27. The molecule has 0 aromatic carbocycles. The molecule has 0 rings (SSSR count). The summed E-state index contributed by atoms with van der Waals surface area (Å²) in [5.41, 5.74) is 0. The predicted octanol–water partition coefficient (Wildman–Crippen LogP) is 7.87. The van der Waals surface area contributed by atoms with Crippen molar-refractivity contribution in [2.75, 3.05) is 0 Å². The minimum atomic E-state index is -1.62. The Bertz CT molecular complexity index is 257. The Morgan fingerprint density at radius 3 is 1.16 bits per heavy atom. The van der Waals surface area contributed by atoms with Crippen LogP contribution < -0.4 is 0 Å². The molecule has 1 nitrogen and oxygen atoms in total. The van der Waals surface area contributed by atoms with E-state index in [-0.39, 0.29) is 4.29 Å². The molecule has 0 saturated heterocycles. The Labute approximate surface area is 169 Å². The van der Waals surface area contributed by atoms with Gasteiger partial charge in [-0.15, -0.1) is 0 Å². The van der Waals surface area contributed by atoms with Crippen molar-refractivity contribution >= 4 is 112 Å². The molecular formula is C10H20Br6OSi2. The Morgan fingerprint density at radius 1 is 0.684 bits per heavy atom. The highest BCUT2D eigenvalue weighted by molar-refractivity contribution is 9.39. The predicted molar refractivity (Wildman–Crippen MR) is 114 cm³/mol. The van der Waals surface area contributed by atoms with Gasteiger partial charge in [0, 0.05) is 0 Å². The van der Waals surface area contributed by atoms with Gasteiger partial charge in [0.25, 0.3) is 0 Å². The lowest BCUT2D eigenvalue weighted by Gasteiger charge is -2.35. The highest BCUT2D eigenvalue weighted by Gasteiger charge is 2.35. The van der Waals surface area contributed by atoms with Crippen LogP contribution in [0.5, 0.6) is 0 Å². The molecule has 0 atom stereocenters. The number of hydrogen-bond acceptors (Lipinski definition) is 1. The first-order chi connectivity index (χ1) is 8.12. The van der Waals surface area contributed by atoms with Crippen molar-refractivity contribution in [1.29, 1.82) is 0 Å². The fourth-order valence-electron chi connectivity index (χ4n) is 1.74. The molecular weight excluding hydrogens is 672 g/mol. The standard InChI is InChI=1S/C10H20Br6OSi2/c1-18(2,7-5-9(11,12)13)17-19(3,4)8-6-10(14,15)16/h5-8H2,1-4H3. The van der Waals surface area contributed by atoms with Crippen molar-refractivity contribution in [2.24, 2.45) is 0 Å². The second kappa shape index (κ2) is 8.39. The van der Waals surface area contributed by atoms with Crippen LogP contribution in [-0.4, -0.2) is 20.9 Å². The van der Waals surface area contributed by atoms with Gasteiger partial charge in [0.15, 0.2) is 16.6 Å². The van der Waals surface area contributed by atoms with Gasteiger partial charge in [0.2, 0.25) is 0 Å². The third-order valence-corrected chi connectivity index (χ3v) is 12.3. The maximum absolute atomic E-state index is 6.57. The summed E-state index contributed by atoms with van der Waals surface area (Å²) in [6, 6.07) is 2.24. The largest absolute Gasteiger partial charge is 0.455 e. The molecule has 0 heterocycles. The van der Waals surface area contributed by atoms with E-state index in [0.29, 0.717) is 0 Å². The zero-order valence-electron chi connectivity index (χ0n) is 11.5. The van der Waals surface area contributed by atoms with E-state index in [2.05, 4.69) is 122 Å². The molecule has 0 aromatic heterocycles. The van der Waals surface area contributed by atoms with Crippen molar-refractivity contribution in [3.8, 4) is 0 Å². The average molecular weight is 692 g/mol. The topological polar surface area (TPSA) is 9.23 Å². The van der Waals surface area contributed by atoms with Gasteiger partial charge in [-0.3, -0.25) is 0 Å². The third kappa shape index (κ3) is 14.6. The van der Waals surface area contributed by atoms with Crippen LogP contribution in [0.3, 0.4) is 0 Å². The van der Waals surface area contributed by atoms with Gasteiger partial charge in [-0.1, -0.05) is 95.6 Å². The van der Waals surface area contributed by atoms with E-state index in [0.717, 1.165) is 24.9 Å². The van der Waals surface area contributed by atoms with Crippen molar-refractivity contribution in [3.05, 3.63) is 0 Å². The SMILES string of the molecule is C[Si](C)(CCC(Br)(Br)Br)O[Si](C)(C)CCC(Br)(Br)Br. The van der Waals surface area contributed by atoms with Gasteiger partial charge in [-0.2, -0.15) is 0 Å². The first-order valence-electron chi connectivity index (χ1n) is 5.96. The zero-order valence-corrected chi connectivity index (χ0v) is 23.0. The summed E-state index contributed by atoms with van der Waals surface area (Å²) < 4.78 is 6.27. The summed E-state index contributed by atoms with van der Waals surface area (Å²) in [6.45, 7) is 9.24. The van der Waals surface area contributed by atoms with Gasteiger partial charge in [-0.25, -0.2) is 0 Å². The molecule has 0 aliphatic rings. The Kier molecular flexibility index (Phi) is 9.84. The molecule has 0 fully saturated rings. The minimum Gasteiger partial charge on any atom is -0.455 e. The molecule has 0 radical (unpaired) electrons. The molecule has 0 aliphatic heterocycles. The molecule has 0 N–H and O–H groups in total. The van der Waals surface area contributed by atoms with Crippen LogP contribution in [0.25, 0.3) is 0 Å². The minimum absolute atomic E-state index is 0.150. The highest BCUT2D eigenvalue weighted by atomic mass is 80.0. The number of rotatable bonds is 6. The van der Waals surface area contributed by atoms with Crippen LogP contribution in [-0.2, 0) is 4.12 Å². The van der Waals surface area contributed by atoms with Crippen LogP contribution in [0.1, 0.15) is 12.8 Å². The lowest BCUT2D eigenvalue weighted by atomic mass is 10.6. The van der Waals surface area contributed by atoms with E-state index < -0.39 is 16.6 Å². The van der Waals surface area contributed by atoms with Crippen LogP contribution >= 0.6 is 95.6 Å². The smallest absolute Gasteiger partial charge is 0.173 e. The highest BCUT2D eigenvalue weighted by Crippen LogP contribution is 2.42. The fraction of sp³-hybridized carbons (Fsp3) is 1.00. The fourth-order valence-corrected chi connectivity index (χ4v) is 13.9. The molecule has 19 heavy (non-hydrogen) atoms. The first-order valence-corrected chi connectivity index (χ1v) is 16.9. The average Bonchev–Trinajstić information content (AvgIpc) is 2.09. The van der Waals surface area contributed by atoms with Crippen molar-refractivity contribution in [2.45, 2.75) is 55.4 Å². The summed E-state index contributed by atoms with van der Waals surface area (Å²) in [7, 11) is -3.24. The van der Waals surface area contributed by atoms with Gasteiger partial charge >= 0.3 is 0 Å². The summed E-state index contributed by atoms with van der Waals surface area (Å²) in [5.74, 6) is 0. The van der Waals surface area contributed by atoms with Gasteiger partial charge in [0.1, 0.15) is 4.29 Å². The Morgan fingerprint density at radius 2 is 0.947 bits per heavy atom. The molecule has 0 aliphatic carbocycles. The molecule has 9 heteroatoms. The molecule has 0 saturated carbocycles. The molecule has 0 spiro atoms. The number of halogens is 6. The first kappa shape index (κ1) is 22.3. The molecule has 0 amide bonds. The van der Waals surface area contributed by atoms with Crippen molar-refractivity contribution in [1.82, 2.24) is 0 Å². The van der Waals surface area contributed by atoms with E-state index in [4.69, 9.17) is 4.12 Å². The monoisotopic (exact) mass is 686 g/mol. The van der Waals surface area contributed by atoms with E-state index in [1.54, 1.807) is 0 Å². The molecule has 116 valence electrons. The van der Waals surface area contributed by atoms with E-state index in [1.807, 2.05) is 0 Å². The number of alkyl halides is 6. The summed E-state index contributed by atoms with van der Waals surface area (Å²) >= 11 is 21.4. The van der Waals surface area contributed by atoms with Gasteiger partial charge < -0.3 is 4.12 Å². The summed E-state index contributed by atoms with van der Waals surface area (Å²) in [4.78, 5) is 0. The zero-order chi connectivity index (χ0) is 15.5. The molecule has 0 aromatic rings. The lowest BCUT2D eigenvalue weighted by Crippen LogP contribution is -2.44. The molecule has 0 bridgehead atoms. The Balaban J connectivity index is 4.37. The lowest BCUT2D eigenvalue weighted by molar-refractivity contribution is 0.533. The molecule has 0 unspecified atom stereocenters.